The Morgan fingerprint density at radius 1 is 1.10 bits per heavy atom. The quantitative estimate of drug-likeness (QED) is 0.625. The normalized spacial score (nSPS) is 12.3. The zero-order chi connectivity index (χ0) is 16.1. The minimum Gasteiger partial charge on any atom is -0.373 e. The molecule has 1 heterocycles. The molecule has 0 spiro atoms. The highest BCUT2D eigenvalue weighted by Gasteiger charge is 2.31. The molecule has 0 aliphatic carbocycles. The first-order chi connectivity index (χ1) is 9.62. The van der Waals surface area contributed by atoms with Crippen molar-refractivity contribution >= 4 is 11.6 Å². The summed E-state index contributed by atoms with van der Waals surface area (Å²) in [5.74, 6) is -0.117. The molecule has 1 rings (SSSR count). The van der Waals surface area contributed by atoms with Crippen molar-refractivity contribution in [1.29, 1.82) is 0 Å². The van der Waals surface area contributed by atoms with Gasteiger partial charge in [-0.25, -0.2) is 4.98 Å². The van der Waals surface area contributed by atoms with Gasteiger partial charge in [0.1, 0.15) is 18.2 Å². The summed E-state index contributed by atoms with van der Waals surface area (Å²) in [5, 5.41) is 4.94. The minimum absolute atomic E-state index is 0.0106. The third-order valence-electron chi connectivity index (χ3n) is 2.23. The summed E-state index contributed by atoms with van der Waals surface area (Å²) in [6.07, 6.45) is -8.98. The number of pyridine rings is 1. The lowest BCUT2D eigenvalue weighted by molar-refractivity contribution is -0.172. The van der Waals surface area contributed by atoms with E-state index in [9.17, 15) is 26.3 Å². The Hall–Kier alpha value is -1.71. The number of nitrogens with zero attached hydrogens (tertiary/aromatic N) is 1. The molecule has 1 aromatic heterocycles. The Kier molecular flexibility index (Phi) is 5.64. The van der Waals surface area contributed by atoms with Crippen LogP contribution in [-0.2, 0) is 10.9 Å². The summed E-state index contributed by atoms with van der Waals surface area (Å²) in [6, 6.07) is 1.59. The molecular formula is C11H13F6N3O. The summed E-state index contributed by atoms with van der Waals surface area (Å²) >= 11 is 0. The van der Waals surface area contributed by atoms with E-state index in [2.05, 4.69) is 20.4 Å². The van der Waals surface area contributed by atoms with Gasteiger partial charge in [-0.15, -0.1) is 0 Å². The summed E-state index contributed by atoms with van der Waals surface area (Å²) in [5.41, 5.74) is -0.916. The van der Waals surface area contributed by atoms with E-state index in [1.165, 1.54) is 7.05 Å². The van der Waals surface area contributed by atoms with Crippen molar-refractivity contribution in [3.8, 4) is 0 Å². The molecule has 0 aliphatic rings. The molecule has 0 amide bonds. The van der Waals surface area contributed by atoms with Crippen LogP contribution >= 0.6 is 0 Å². The van der Waals surface area contributed by atoms with Crippen molar-refractivity contribution in [2.75, 3.05) is 37.4 Å². The van der Waals surface area contributed by atoms with E-state index >= 15 is 0 Å². The van der Waals surface area contributed by atoms with Crippen LogP contribution in [0.5, 0.6) is 0 Å². The van der Waals surface area contributed by atoms with Gasteiger partial charge in [-0.3, -0.25) is 0 Å². The van der Waals surface area contributed by atoms with E-state index in [0.717, 1.165) is 12.1 Å². The Labute approximate surface area is 116 Å². The van der Waals surface area contributed by atoms with Crippen molar-refractivity contribution < 1.29 is 31.1 Å². The lowest BCUT2D eigenvalue weighted by atomic mass is 10.2. The van der Waals surface area contributed by atoms with Gasteiger partial charge in [0.05, 0.1) is 12.2 Å². The van der Waals surface area contributed by atoms with Crippen LogP contribution in [0.4, 0.5) is 38.0 Å². The van der Waals surface area contributed by atoms with Gasteiger partial charge in [0.25, 0.3) is 0 Å². The maximum absolute atomic E-state index is 12.6. The van der Waals surface area contributed by atoms with Crippen molar-refractivity contribution in [3.63, 3.8) is 0 Å². The number of alkyl halides is 6. The largest absolute Gasteiger partial charge is 0.416 e. The van der Waals surface area contributed by atoms with E-state index in [-0.39, 0.29) is 24.8 Å². The summed E-state index contributed by atoms with van der Waals surface area (Å²) in [7, 11) is 1.40. The lowest BCUT2D eigenvalue weighted by Gasteiger charge is -2.13. The maximum Gasteiger partial charge on any atom is 0.416 e. The van der Waals surface area contributed by atoms with E-state index in [4.69, 9.17) is 0 Å². The van der Waals surface area contributed by atoms with Gasteiger partial charge < -0.3 is 15.4 Å². The molecule has 120 valence electrons. The number of anilines is 2. The first kappa shape index (κ1) is 17.3. The molecule has 0 aliphatic heterocycles. The van der Waals surface area contributed by atoms with E-state index in [0.29, 0.717) is 0 Å². The highest BCUT2D eigenvalue weighted by Crippen LogP contribution is 2.31. The van der Waals surface area contributed by atoms with Crippen LogP contribution in [0.15, 0.2) is 12.1 Å². The Bertz CT molecular complexity index is 460. The molecule has 0 atom stereocenters. The minimum atomic E-state index is -4.54. The van der Waals surface area contributed by atoms with Gasteiger partial charge in [0, 0.05) is 13.6 Å². The number of nitrogens with one attached hydrogen (secondary N) is 2. The lowest BCUT2D eigenvalue weighted by Crippen LogP contribution is -2.20. The molecule has 0 saturated carbocycles. The summed E-state index contributed by atoms with van der Waals surface area (Å²) < 4.78 is 77.6. The fourth-order valence-electron chi connectivity index (χ4n) is 1.35. The molecule has 21 heavy (non-hydrogen) atoms. The number of rotatable bonds is 6. The van der Waals surface area contributed by atoms with Gasteiger partial charge in [0.2, 0.25) is 0 Å². The molecule has 0 bridgehead atoms. The molecule has 0 fully saturated rings. The molecule has 1 aromatic rings. The van der Waals surface area contributed by atoms with Crippen molar-refractivity contribution in [1.82, 2.24) is 4.98 Å². The number of hydrogen-bond acceptors (Lipinski definition) is 4. The summed E-state index contributed by atoms with van der Waals surface area (Å²) in [6.45, 7) is -1.83. The first-order valence-electron chi connectivity index (χ1n) is 5.77. The van der Waals surface area contributed by atoms with Crippen LogP contribution in [0, 0.1) is 0 Å². The standard InChI is InChI=1S/C11H13F6N3O/c1-18-8-4-7(11(15,16)17)5-9(20-8)19-2-3-21-6-10(12,13)14/h4-5H,2-3,6H2,1H3,(H2,18,19,20). The Morgan fingerprint density at radius 3 is 2.24 bits per heavy atom. The predicted molar refractivity (Wildman–Crippen MR) is 64.1 cm³/mol. The maximum atomic E-state index is 12.6. The SMILES string of the molecule is CNc1cc(C(F)(F)F)cc(NCCOCC(F)(F)F)n1. The average Bonchev–Trinajstić information content (AvgIpc) is 2.35. The van der Waals surface area contributed by atoms with Crippen LogP contribution in [-0.4, -0.2) is 38.0 Å². The van der Waals surface area contributed by atoms with Crippen molar-refractivity contribution in [3.05, 3.63) is 17.7 Å². The van der Waals surface area contributed by atoms with Crippen LogP contribution in [0.3, 0.4) is 0 Å². The van der Waals surface area contributed by atoms with Gasteiger partial charge >= 0.3 is 12.4 Å². The zero-order valence-electron chi connectivity index (χ0n) is 10.9. The number of aromatic nitrogens is 1. The van der Waals surface area contributed by atoms with Crippen LogP contribution < -0.4 is 10.6 Å². The average molecular weight is 317 g/mol. The highest BCUT2D eigenvalue weighted by atomic mass is 19.4. The second-order valence-corrected chi connectivity index (χ2v) is 3.97. The zero-order valence-corrected chi connectivity index (χ0v) is 10.9. The van der Waals surface area contributed by atoms with Gasteiger partial charge in [-0.1, -0.05) is 0 Å². The van der Waals surface area contributed by atoms with E-state index < -0.39 is 24.5 Å². The Morgan fingerprint density at radius 2 is 1.71 bits per heavy atom. The topological polar surface area (TPSA) is 46.2 Å². The second-order valence-electron chi connectivity index (χ2n) is 3.97. The fraction of sp³-hybridized carbons (Fsp3) is 0.545. The summed E-state index contributed by atoms with van der Waals surface area (Å²) in [4.78, 5) is 3.81. The molecule has 0 saturated heterocycles. The number of hydrogen-bond donors (Lipinski definition) is 2. The third kappa shape index (κ3) is 6.52. The smallest absolute Gasteiger partial charge is 0.373 e. The molecule has 4 nitrogen and oxygen atoms in total. The monoisotopic (exact) mass is 317 g/mol. The van der Waals surface area contributed by atoms with Crippen molar-refractivity contribution in [2.24, 2.45) is 0 Å². The van der Waals surface area contributed by atoms with Gasteiger partial charge in [0.15, 0.2) is 0 Å². The van der Waals surface area contributed by atoms with Crippen LogP contribution in [0.25, 0.3) is 0 Å². The number of halogens is 6. The van der Waals surface area contributed by atoms with Crippen LogP contribution in [0.1, 0.15) is 5.56 Å². The molecule has 2 N–H and O–H groups in total. The molecule has 0 unspecified atom stereocenters. The van der Waals surface area contributed by atoms with E-state index in [1.807, 2.05) is 0 Å². The third-order valence-corrected chi connectivity index (χ3v) is 2.23. The Balaban J connectivity index is 2.59. The predicted octanol–water partition coefficient (Wildman–Crippen LogP) is 3.13. The molecule has 0 radical (unpaired) electrons. The molecular weight excluding hydrogens is 304 g/mol. The van der Waals surface area contributed by atoms with Gasteiger partial charge in [-0.2, -0.15) is 26.3 Å². The van der Waals surface area contributed by atoms with Crippen LogP contribution in [0.2, 0.25) is 0 Å². The number of ether oxygens (including phenoxy) is 1. The second kappa shape index (κ2) is 6.83. The van der Waals surface area contributed by atoms with E-state index in [1.54, 1.807) is 0 Å². The molecule has 10 heteroatoms. The molecule has 0 aromatic carbocycles. The van der Waals surface area contributed by atoms with Gasteiger partial charge in [-0.05, 0) is 12.1 Å². The first-order valence-corrected chi connectivity index (χ1v) is 5.77. The van der Waals surface area contributed by atoms with Crippen molar-refractivity contribution in [2.45, 2.75) is 12.4 Å². The fourth-order valence-corrected chi connectivity index (χ4v) is 1.35. The highest BCUT2D eigenvalue weighted by molar-refractivity contribution is 5.49.